The van der Waals surface area contributed by atoms with E-state index in [1.54, 1.807) is 18.2 Å². The van der Waals surface area contributed by atoms with Crippen molar-refractivity contribution >= 4 is 45.0 Å². The maximum atomic E-state index is 12.2. The fraction of sp³-hybridized carbons (Fsp3) is 0.400. The Balaban J connectivity index is 2.15. The maximum Gasteiger partial charge on any atom is 0.328 e. The third-order valence-electron chi connectivity index (χ3n) is 3.49. The van der Waals surface area contributed by atoms with Gasteiger partial charge in [-0.15, -0.1) is 23.2 Å². The SMILES string of the molecule is Cc1cc(OS(=O)(=O)Cn2ccnc2N)ccc1N(CCCl)CCCl. The third-order valence-corrected chi connectivity index (χ3v) is 4.86. The van der Waals surface area contributed by atoms with Crippen molar-refractivity contribution in [2.24, 2.45) is 0 Å². The Morgan fingerprint density at radius 2 is 1.96 bits per heavy atom. The maximum absolute atomic E-state index is 12.2. The smallest absolute Gasteiger partial charge is 0.328 e. The van der Waals surface area contributed by atoms with E-state index < -0.39 is 16.0 Å². The van der Waals surface area contributed by atoms with Gasteiger partial charge in [-0.3, -0.25) is 4.57 Å². The van der Waals surface area contributed by atoms with E-state index in [0.717, 1.165) is 11.3 Å². The molecule has 10 heteroatoms. The number of imidazole rings is 1. The molecule has 1 heterocycles. The zero-order valence-electron chi connectivity index (χ0n) is 13.7. The van der Waals surface area contributed by atoms with Gasteiger partial charge in [-0.2, -0.15) is 8.42 Å². The Morgan fingerprint density at radius 3 is 2.48 bits per heavy atom. The van der Waals surface area contributed by atoms with Crippen molar-refractivity contribution in [3.63, 3.8) is 0 Å². The van der Waals surface area contributed by atoms with E-state index in [9.17, 15) is 8.42 Å². The summed E-state index contributed by atoms with van der Waals surface area (Å²) < 4.78 is 30.8. The number of nitrogen functional groups attached to an aromatic ring is 1. The molecule has 0 radical (unpaired) electrons. The highest BCUT2D eigenvalue weighted by molar-refractivity contribution is 7.86. The van der Waals surface area contributed by atoms with Crippen LogP contribution in [0.4, 0.5) is 11.6 Å². The van der Waals surface area contributed by atoms with E-state index in [-0.39, 0.29) is 11.7 Å². The fourth-order valence-electron chi connectivity index (χ4n) is 2.38. The summed E-state index contributed by atoms with van der Waals surface area (Å²) in [4.78, 5) is 5.82. The normalized spacial score (nSPS) is 11.5. The number of aromatic nitrogens is 2. The topological polar surface area (TPSA) is 90.5 Å². The molecule has 1 aromatic heterocycles. The first-order valence-electron chi connectivity index (χ1n) is 7.52. The molecule has 7 nitrogen and oxygen atoms in total. The van der Waals surface area contributed by atoms with E-state index in [1.165, 1.54) is 17.0 Å². The second-order valence-corrected chi connectivity index (χ2v) is 7.63. The fourth-order valence-corrected chi connectivity index (χ4v) is 3.80. The van der Waals surface area contributed by atoms with Gasteiger partial charge in [-0.05, 0) is 30.7 Å². The zero-order chi connectivity index (χ0) is 18.4. The molecule has 0 bridgehead atoms. The highest BCUT2D eigenvalue weighted by Crippen LogP contribution is 2.26. The van der Waals surface area contributed by atoms with Crippen molar-refractivity contribution < 1.29 is 12.6 Å². The number of nitrogens with two attached hydrogens (primary N) is 1. The average molecular weight is 407 g/mol. The molecule has 0 unspecified atom stereocenters. The minimum atomic E-state index is -3.86. The minimum Gasteiger partial charge on any atom is -0.381 e. The molecule has 138 valence electrons. The van der Waals surface area contributed by atoms with Crippen molar-refractivity contribution in [2.75, 3.05) is 35.5 Å². The van der Waals surface area contributed by atoms with Gasteiger partial charge in [0.1, 0.15) is 5.75 Å². The summed E-state index contributed by atoms with van der Waals surface area (Å²) in [6.45, 7) is 3.17. The van der Waals surface area contributed by atoms with Gasteiger partial charge in [0.2, 0.25) is 5.95 Å². The molecule has 0 atom stereocenters. The number of nitrogens with zero attached hydrogens (tertiary/aromatic N) is 3. The van der Waals surface area contributed by atoms with Crippen molar-refractivity contribution in [1.82, 2.24) is 9.55 Å². The molecule has 0 fully saturated rings. The molecule has 2 rings (SSSR count). The van der Waals surface area contributed by atoms with Crippen LogP contribution in [0.5, 0.6) is 5.75 Å². The number of aryl methyl sites for hydroxylation is 1. The van der Waals surface area contributed by atoms with Gasteiger partial charge in [-0.1, -0.05) is 0 Å². The van der Waals surface area contributed by atoms with Crippen LogP contribution in [-0.4, -0.2) is 42.8 Å². The summed E-state index contributed by atoms with van der Waals surface area (Å²) >= 11 is 11.7. The molecule has 0 aliphatic heterocycles. The average Bonchev–Trinajstić information content (AvgIpc) is 2.91. The van der Waals surface area contributed by atoms with Gasteiger partial charge in [0.05, 0.1) is 0 Å². The Kier molecular flexibility index (Phi) is 6.80. The number of benzene rings is 1. The van der Waals surface area contributed by atoms with Crippen LogP contribution >= 0.6 is 23.2 Å². The van der Waals surface area contributed by atoms with Crippen molar-refractivity contribution in [3.8, 4) is 5.75 Å². The van der Waals surface area contributed by atoms with E-state index >= 15 is 0 Å². The van der Waals surface area contributed by atoms with Crippen LogP contribution < -0.4 is 14.8 Å². The van der Waals surface area contributed by atoms with E-state index in [0.29, 0.717) is 24.8 Å². The first-order valence-corrected chi connectivity index (χ1v) is 10.2. The van der Waals surface area contributed by atoms with Gasteiger partial charge in [0.15, 0.2) is 5.88 Å². The summed E-state index contributed by atoms with van der Waals surface area (Å²) in [5.41, 5.74) is 7.38. The predicted octanol–water partition coefficient (Wildman–Crippen LogP) is 2.42. The molecule has 2 N–H and O–H groups in total. The quantitative estimate of drug-likeness (QED) is 0.507. The van der Waals surface area contributed by atoms with Gasteiger partial charge in [-0.25, -0.2) is 4.98 Å². The number of hydrogen-bond acceptors (Lipinski definition) is 6. The highest BCUT2D eigenvalue weighted by atomic mass is 35.5. The van der Waals surface area contributed by atoms with Crippen LogP contribution in [0.2, 0.25) is 0 Å². The lowest BCUT2D eigenvalue weighted by molar-refractivity contribution is 0.475. The molecule has 0 aliphatic rings. The summed E-state index contributed by atoms with van der Waals surface area (Å²) in [5, 5.41) is 0. The molecule has 0 saturated carbocycles. The monoisotopic (exact) mass is 406 g/mol. The largest absolute Gasteiger partial charge is 0.381 e. The van der Waals surface area contributed by atoms with E-state index in [4.69, 9.17) is 33.1 Å². The highest BCUT2D eigenvalue weighted by Gasteiger charge is 2.17. The first kappa shape index (κ1) is 19.7. The summed E-state index contributed by atoms with van der Waals surface area (Å²) in [6, 6.07) is 5.07. The number of rotatable bonds is 9. The molecule has 25 heavy (non-hydrogen) atoms. The number of alkyl halides is 2. The van der Waals surface area contributed by atoms with Gasteiger partial charge in [0, 0.05) is 42.9 Å². The summed E-state index contributed by atoms with van der Waals surface area (Å²) in [6.07, 6.45) is 2.90. The van der Waals surface area contributed by atoms with Gasteiger partial charge in [0.25, 0.3) is 0 Å². The molecule has 0 spiro atoms. The molecule has 0 amide bonds. The molecule has 0 aliphatic carbocycles. The van der Waals surface area contributed by atoms with Crippen LogP contribution in [0.3, 0.4) is 0 Å². The molecule has 1 aromatic carbocycles. The van der Waals surface area contributed by atoms with Crippen molar-refractivity contribution in [2.45, 2.75) is 12.8 Å². The van der Waals surface area contributed by atoms with Crippen molar-refractivity contribution in [3.05, 3.63) is 36.2 Å². The lowest BCUT2D eigenvalue weighted by Crippen LogP contribution is -2.28. The van der Waals surface area contributed by atoms with E-state index in [2.05, 4.69) is 4.98 Å². The Bertz CT molecular complexity index is 805. The lowest BCUT2D eigenvalue weighted by atomic mass is 10.1. The second-order valence-electron chi connectivity index (χ2n) is 5.34. The summed E-state index contributed by atoms with van der Waals surface area (Å²) in [7, 11) is -3.86. The van der Waals surface area contributed by atoms with Crippen LogP contribution in [0.15, 0.2) is 30.6 Å². The third kappa shape index (κ3) is 5.42. The van der Waals surface area contributed by atoms with Crippen LogP contribution in [0.25, 0.3) is 0 Å². The van der Waals surface area contributed by atoms with Crippen molar-refractivity contribution in [1.29, 1.82) is 0 Å². The zero-order valence-corrected chi connectivity index (χ0v) is 16.1. The Labute approximate surface area is 157 Å². The molecule has 0 saturated heterocycles. The number of halogens is 2. The lowest BCUT2D eigenvalue weighted by Gasteiger charge is -2.25. The number of anilines is 2. The predicted molar refractivity (Wildman–Crippen MR) is 101 cm³/mol. The van der Waals surface area contributed by atoms with Gasteiger partial charge < -0.3 is 14.8 Å². The second kappa shape index (κ2) is 8.64. The first-order chi connectivity index (χ1) is 11.9. The van der Waals surface area contributed by atoms with E-state index in [1.807, 2.05) is 11.8 Å². The minimum absolute atomic E-state index is 0.108. The molecule has 2 aromatic rings. The molecular weight excluding hydrogens is 387 g/mol. The Hall–Kier alpha value is -1.64. The van der Waals surface area contributed by atoms with Gasteiger partial charge >= 0.3 is 10.1 Å². The summed E-state index contributed by atoms with van der Waals surface area (Å²) in [5.74, 6) is 0.864. The Morgan fingerprint density at radius 1 is 1.28 bits per heavy atom. The van der Waals surface area contributed by atoms with Crippen LogP contribution in [0.1, 0.15) is 5.56 Å². The van der Waals surface area contributed by atoms with Crippen LogP contribution in [-0.2, 0) is 16.0 Å². The standard InChI is InChI=1S/C15H20Cl2N4O3S/c1-12-10-13(2-3-14(12)20(7-4-16)8-5-17)24-25(22,23)11-21-9-6-19-15(21)18/h2-3,6,9-10H,4-5,7-8,11H2,1H3,(H2,18,19). The molecular formula is C15H20Cl2N4O3S. The van der Waals surface area contributed by atoms with Crippen LogP contribution in [0, 0.1) is 6.92 Å². The number of hydrogen-bond donors (Lipinski definition) is 1.